The predicted octanol–water partition coefficient (Wildman–Crippen LogP) is 2.64. The quantitative estimate of drug-likeness (QED) is 0.697. The SMILES string of the molecule is CN1C(=O)c2c(O)c(=O)ccn2N2[C@H](c3ccccc3)c3ccccc3CC[C@H]12. The van der Waals surface area contributed by atoms with Crippen LogP contribution in [0.2, 0.25) is 0 Å². The van der Waals surface area contributed by atoms with Crippen LogP contribution in [0.15, 0.2) is 71.7 Å². The highest BCUT2D eigenvalue weighted by Gasteiger charge is 2.43. The number of aromatic nitrogens is 1. The zero-order chi connectivity index (χ0) is 20.1. The van der Waals surface area contributed by atoms with Gasteiger partial charge in [0.05, 0.1) is 6.04 Å². The molecule has 2 aliphatic rings. The molecule has 0 fully saturated rings. The molecule has 0 saturated heterocycles. The number of rotatable bonds is 1. The first-order valence-electron chi connectivity index (χ1n) is 9.71. The smallest absolute Gasteiger partial charge is 0.277 e. The number of aromatic hydroxyl groups is 1. The lowest BCUT2D eigenvalue weighted by Gasteiger charge is -2.48. The van der Waals surface area contributed by atoms with Crippen molar-refractivity contribution in [2.24, 2.45) is 0 Å². The normalized spacial score (nSPS) is 20.5. The van der Waals surface area contributed by atoms with E-state index in [0.29, 0.717) is 0 Å². The van der Waals surface area contributed by atoms with Crippen molar-refractivity contribution in [2.75, 3.05) is 12.1 Å². The lowest BCUT2D eigenvalue weighted by Crippen LogP contribution is -2.60. The van der Waals surface area contributed by atoms with Crippen molar-refractivity contribution in [1.29, 1.82) is 0 Å². The first-order valence-corrected chi connectivity index (χ1v) is 9.71. The maximum Gasteiger partial charge on any atom is 0.277 e. The molecule has 3 heterocycles. The van der Waals surface area contributed by atoms with Gasteiger partial charge in [-0.15, -0.1) is 0 Å². The number of pyridine rings is 1. The molecule has 2 aliphatic heterocycles. The minimum Gasteiger partial charge on any atom is -0.502 e. The van der Waals surface area contributed by atoms with Gasteiger partial charge in [-0.1, -0.05) is 54.6 Å². The van der Waals surface area contributed by atoms with Crippen molar-refractivity contribution in [2.45, 2.75) is 25.0 Å². The van der Waals surface area contributed by atoms with Crippen LogP contribution in [-0.2, 0) is 6.42 Å². The van der Waals surface area contributed by atoms with Crippen molar-refractivity contribution >= 4 is 5.91 Å². The minimum absolute atomic E-state index is 0.0107. The van der Waals surface area contributed by atoms with Crippen LogP contribution < -0.4 is 10.4 Å². The molecule has 6 heteroatoms. The third kappa shape index (κ3) is 2.56. The molecule has 0 aliphatic carbocycles. The van der Waals surface area contributed by atoms with Gasteiger partial charge < -0.3 is 10.0 Å². The van der Waals surface area contributed by atoms with Crippen LogP contribution in [0, 0.1) is 0 Å². The Hall–Kier alpha value is -3.54. The van der Waals surface area contributed by atoms with Crippen molar-refractivity contribution < 1.29 is 9.90 Å². The van der Waals surface area contributed by atoms with E-state index in [4.69, 9.17) is 0 Å². The predicted molar refractivity (Wildman–Crippen MR) is 110 cm³/mol. The fourth-order valence-corrected chi connectivity index (χ4v) is 4.58. The summed E-state index contributed by atoms with van der Waals surface area (Å²) < 4.78 is 1.67. The van der Waals surface area contributed by atoms with Crippen molar-refractivity contribution in [3.63, 3.8) is 0 Å². The lowest BCUT2D eigenvalue weighted by atomic mass is 9.94. The Bertz CT molecular complexity index is 1160. The molecule has 29 heavy (non-hydrogen) atoms. The van der Waals surface area contributed by atoms with Crippen LogP contribution in [0.25, 0.3) is 0 Å². The second-order valence-corrected chi connectivity index (χ2v) is 7.55. The Morgan fingerprint density at radius 3 is 2.48 bits per heavy atom. The zero-order valence-electron chi connectivity index (χ0n) is 16.0. The molecular formula is C23H21N3O3. The third-order valence-corrected chi connectivity index (χ3v) is 5.98. The first kappa shape index (κ1) is 17.6. The molecule has 0 unspecified atom stereocenters. The lowest BCUT2D eigenvalue weighted by molar-refractivity contribution is 0.0611. The molecule has 5 rings (SSSR count). The average Bonchev–Trinajstić information content (AvgIpc) is 2.92. The Kier molecular flexibility index (Phi) is 3.94. The molecule has 0 spiro atoms. The van der Waals surface area contributed by atoms with E-state index in [2.05, 4.69) is 29.3 Å². The molecule has 2 aromatic carbocycles. The topological polar surface area (TPSA) is 65.8 Å². The molecule has 1 aromatic heterocycles. The van der Waals surface area contributed by atoms with Crippen LogP contribution in [0.1, 0.15) is 39.6 Å². The van der Waals surface area contributed by atoms with Crippen LogP contribution in [0.5, 0.6) is 5.75 Å². The van der Waals surface area contributed by atoms with Gasteiger partial charge in [0.2, 0.25) is 5.43 Å². The highest BCUT2D eigenvalue weighted by atomic mass is 16.3. The summed E-state index contributed by atoms with van der Waals surface area (Å²) in [6, 6.07) is 19.6. The van der Waals surface area contributed by atoms with Gasteiger partial charge in [0.1, 0.15) is 6.17 Å². The molecule has 6 nitrogen and oxygen atoms in total. The van der Waals surface area contributed by atoms with Crippen LogP contribution in [-0.4, -0.2) is 33.8 Å². The second-order valence-electron chi connectivity index (χ2n) is 7.55. The molecular weight excluding hydrogens is 366 g/mol. The fraction of sp³-hybridized carbons (Fsp3) is 0.217. The molecule has 146 valence electrons. The molecule has 0 radical (unpaired) electrons. The average molecular weight is 387 g/mol. The maximum atomic E-state index is 13.1. The summed E-state index contributed by atoms with van der Waals surface area (Å²) in [5.74, 6) is -0.855. The summed E-state index contributed by atoms with van der Waals surface area (Å²) in [6.07, 6.45) is 2.96. The van der Waals surface area contributed by atoms with E-state index >= 15 is 0 Å². The van der Waals surface area contributed by atoms with Gasteiger partial charge >= 0.3 is 0 Å². The minimum atomic E-state index is -0.553. The van der Waals surface area contributed by atoms with E-state index < -0.39 is 11.2 Å². The van der Waals surface area contributed by atoms with Crippen molar-refractivity contribution in [3.8, 4) is 5.75 Å². The molecule has 0 bridgehead atoms. The Morgan fingerprint density at radius 2 is 1.69 bits per heavy atom. The number of benzene rings is 2. The number of fused-ring (bicyclic) bond motifs is 4. The standard InChI is InChI=1S/C23H21N3O3/c1-24-19-12-11-15-7-5-6-10-17(15)20(16-8-3-2-4-9-16)26(19)25-14-13-18(27)22(28)21(25)23(24)29/h2-10,13-14,19-20,28H,11-12H2,1H3/t19-,20-/m1/s1. The van der Waals surface area contributed by atoms with E-state index in [-0.39, 0.29) is 23.8 Å². The third-order valence-electron chi connectivity index (χ3n) is 5.98. The second kappa shape index (κ2) is 6.51. The largest absolute Gasteiger partial charge is 0.502 e. The number of hydrogen-bond acceptors (Lipinski definition) is 4. The van der Waals surface area contributed by atoms with E-state index in [1.165, 1.54) is 11.6 Å². The number of aryl methyl sites for hydroxylation is 1. The van der Waals surface area contributed by atoms with Crippen LogP contribution in [0.3, 0.4) is 0 Å². The fourth-order valence-electron chi connectivity index (χ4n) is 4.58. The van der Waals surface area contributed by atoms with Gasteiger partial charge in [0, 0.05) is 19.3 Å². The Balaban J connectivity index is 1.82. The Labute approximate surface area is 168 Å². The summed E-state index contributed by atoms with van der Waals surface area (Å²) >= 11 is 0. The summed E-state index contributed by atoms with van der Waals surface area (Å²) in [6.45, 7) is 0. The highest BCUT2D eigenvalue weighted by Crippen LogP contribution is 2.39. The number of carbonyl (C=O) groups excluding carboxylic acids is 1. The van der Waals surface area contributed by atoms with Gasteiger partial charge in [-0.2, -0.15) is 0 Å². The van der Waals surface area contributed by atoms with Crippen LogP contribution >= 0.6 is 0 Å². The monoisotopic (exact) mass is 387 g/mol. The maximum absolute atomic E-state index is 13.1. The molecule has 1 N–H and O–H groups in total. The molecule has 1 amide bonds. The summed E-state index contributed by atoms with van der Waals surface area (Å²) in [4.78, 5) is 26.8. The van der Waals surface area contributed by atoms with Gasteiger partial charge in [-0.25, -0.2) is 0 Å². The summed E-state index contributed by atoms with van der Waals surface area (Å²) in [5, 5.41) is 12.5. The molecule has 2 atom stereocenters. The van der Waals surface area contributed by atoms with Crippen LogP contribution in [0.4, 0.5) is 0 Å². The van der Waals surface area contributed by atoms with Crippen molar-refractivity contribution in [3.05, 3.63) is 99.5 Å². The van der Waals surface area contributed by atoms with E-state index in [1.54, 1.807) is 22.8 Å². The van der Waals surface area contributed by atoms with Gasteiger partial charge in [-0.05, 0) is 29.5 Å². The van der Waals surface area contributed by atoms with E-state index in [1.807, 2.05) is 30.3 Å². The number of carbonyl (C=O) groups is 1. The number of hydrogen-bond donors (Lipinski definition) is 1. The number of nitrogens with zero attached hydrogens (tertiary/aromatic N) is 3. The van der Waals surface area contributed by atoms with Gasteiger partial charge in [0.15, 0.2) is 11.4 Å². The highest BCUT2D eigenvalue weighted by molar-refractivity contribution is 5.96. The first-order chi connectivity index (χ1) is 14.1. The zero-order valence-corrected chi connectivity index (χ0v) is 16.0. The molecule has 0 saturated carbocycles. The van der Waals surface area contributed by atoms with E-state index in [9.17, 15) is 14.7 Å². The summed E-state index contributed by atoms with van der Waals surface area (Å²) in [7, 11) is 1.73. The summed E-state index contributed by atoms with van der Waals surface area (Å²) in [5.41, 5.74) is 2.94. The molecule has 3 aromatic rings. The van der Waals surface area contributed by atoms with E-state index in [0.717, 1.165) is 24.0 Å². The van der Waals surface area contributed by atoms with Gasteiger partial charge in [-0.3, -0.25) is 19.3 Å². The van der Waals surface area contributed by atoms with Crippen molar-refractivity contribution in [1.82, 2.24) is 9.58 Å². The van der Waals surface area contributed by atoms with Gasteiger partial charge in [0.25, 0.3) is 5.91 Å². The Morgan fingerprint density at radius 1 is 0.966 bits per heavy atom. The number of amides is 1.